The molecule has 0 atom stereocenters. The SMILES string of the molecule is O=C(NCCc1coc(-c2ccccc2)n1)c1cc(F)cc(F)c1. The molecule has 0 aliphatic heterocycles. The molecule has 1 aromatic heterocycles. The van der Waals surface area contributed by atoms with E-state index in [1.54, 1.807) is 0 Å². The van der Waals surface area contributed by atoms with Crippen LogP contribution in [0.5, 0.6) is 0 Å². The Morgan fingerprint density at radius 2 is 1.79 bits per heavy atom. The standard InChI is InChI=1S/C18H14F2N2O2/c19-14-8-13(9-15(20)10-14)17(23)21-7-6-16-11-24-18(22-16)12-4-2-1-3-5-12/h1-5,8-11H,6-7H2,(H,21,23). The Bertz CT molecular complexity index is 827. The second-order valence-corrected chi connectivity index (χ2v) is 5.17. The minimum atomic E-state index is -0.788. The summed E-state index contributed by atoms with van der Waals surface area (Å²) in [5.41, 5.74) is 1.49. The number of rotatable bonds is 5. The van der Waals surface area contributed by atoms with Crippen LogP contribution in [0, 0.1) is 11.6 Å². The molecular formula is C18H14F2N2O2. The monoisotopic (exact) mass is 328 g/mol. The molecule has 0 aliphatic rings. The lowest BCUT2D eigenvalue weighted by Gasteiger charge is -2.04. The summed E-state index contributed by atoms with van der Waals surface area (Å²) in [5, 5.41) is 2.60. The molecule has 1 heterocycles. The molecule has 3 rings (SSSR count). The van der Waals surface area contributed by atoms with Crippen LogP contribution >= 0.6 is 0 Å². The van der Waals surface area contributed by atoms with Crippen LogP contribution < -0.4 is 5.32 Å². The molecule has 6 heteroatoms. The summed E-state index contributed by atoms with van der Waals surface area (Å²) in [7, 11) is 0. The average molecular weight is 328 g/mol. The van der Waals surface area contributed by atoms with Crippen molar-refractivity contribution >= 4 is 5.91 Å². The van der Waals surface area contributed by atoms with E-state index in [4.69, 9.17) is 4.42 Å². The van der Waals surface area contributed by atoms with Gasteiger partial charge in [0.25, 0.3) is 5.91 Å². The summed E-state index contributed by atoms with van der Waals surface area (Å²) < 4.78 is 31.6. The van der Waals surface area contributed by atoms with Crippen molar-refractivity contribution in [3.05, 3.63) is 77.7 Å². The lowest BCUT2D eigenvalue weighted by atomic mass is 10.2. The maximum absolute atomic E-state index is 13.1. The molecule has 2 aromatic carbocycles. The summed E-state index contributed by atoms with van der Waals surface area (Å²) in [6.07, 6.45) is 1.97. The Morgan fingerprint density at radius 3 is 2.50 bits per heavy atom. The molecule has 0 radical (unpaired) electrons. The van der Waals surface area contributed by atoms with Crippen molar-refractivity contribution in [2.45, 2.75) is 6.42 Å². The quantitative estimate of drug-likeness (QED) is 0.779. The number of oxazole rings is 1. The molecule has 1 N–H and O–H groups in total. The van der Waals surface area contributed by atoms with E-state index in [-0.39, 0.29) is 12.1 Å². The van der Waals surface area contributed by atoms with Crippen molar-refractivity contribution in [3.63, 3.8) is 0 Å². The van der Waals surface area contributed by atoms with Gasteiger partial charge in [-0.1, -0.05) is 18.2 Å². The van der Waals surface area contributed by atoms with Crippen molar-refractivity contribution in [1.82, 2.24) is 10.3 Å². The van der Waals surface area contributed by atoms with Crippen molar-refractivity contribution < 1.29 is 18.0 Å². The Kier molecular flexibility index (Phi) is 4.65. The fourth-order valence-electron chi connectivity index (χ4n) is 2.23. The van der Waals surface area contributed by atoms with Gasteiger partial charge < -0.3 is 9.73 Å². The highest BCUT2D eigenvalue weighted by atomic mass is 19.1. The van der Waals surface area contributed by atoms with Gasteiger partial charge in [-0.15, -0.1) is 0 Å². The first-order valence-corrected chi connectivity index (χ1v) is 7.36. The molecule has 0 unspecified atom stereocenters. The predicted octanol–water partition coefficient (Wildman–Crippen LogP) is 3.59. The number of aromatic nitrogens is 1. The molecule has 0 spiro atoms. The first-order valence-electron chi connectivity index (χ1n) is 7.36. The number of halogens is 2. The minimum Gasteiger partial charge on any atom is -0.444 e. The van der Waals surface area contributed by atoms with Crippen LogP contribution in [-0.2, 0) is 6.42 Å². The number of benzene rings is 2. The van der Waals surface area contributed by atoms with Crippen molar-refractivity contribution in [3.8, 4) is 11.5 Å². The summed E-state index contributed by atoms with van der Waals surface area (Å²) in [6.45, 7) is 0.276. The molecule has 0 aliphatic carbocycles. The third-order valence-electron chi connectivity index (χ3n) is 3.36. The van der Waals surface area contributed by atoms with Crippen molar-refractivity contribution in [2.75, 3.05) is 6.54 Å². The van der Waals surface area contributed by atoms with Crippen LogP contribution in [0.25, 0.3) is 11.5 Å². The second kappa shape index (κ2) is 7.04. The van der Waals surface area contributed by atoms with Gasteiger partial charge in [-0.3, -0.25) is 4.79 Å². The molecule has 3 aromatic rings. The van der Waals surface area contributed by atoms with Crippen LogP contribution in [0.3, 0.4) is 0 Å². The van der Waals surface area contributed by atoms with Gasteiger partial charge in [0, 0.05) is 30.2 Å². The largest absolute Gasteiger partial charge is 0.444 e. The number of carbonyl (C=O) groups excluding carboxylic acids is 1. The first-order chi connectivity index (χ1) is 11.6. The highest BCUT2D eigenvalue weighted by Crippen LogP contribution is 2.18. The fourth-order valence-corrected chi connectivity index (χ4v) is 2.23. The van der Waals surface area contributed by atoms with E-state index in [0.717, 1.165) is 23.8 Å². The van der Waals surface area contributed by atoms with Crippen molar-refractivity contribution in [2.24, 2.45) is 0 Å². The van der Waals surface area contributed by atoms with E-state index in [0.29, 0.717) is 18.0 Å². The lowest BCUT2D eigenvalue weighted by Crippen LogP contribution is -2.26. The molecular weight excluding hydrogens is 314 g/mol. The highest BCUT2D eigenvalue weighted by molar-refractivity contribution is 5.94. The first kappa shape index (κ1) is 15.9. The Hall–Kier alpha value is -3.02. The van der Waals surface area contributed by atoms with E-state index in [1.165, 1.54) is 6.26 Å². The minimum absolute atomic E-state index is 0.0578. The van der Waals surface area contributed by atoms with Crippen LogP contribution in [-0.4, -0.2) is 17.4 Å². The molecule has 4 nitrogen and oxygen atoms in total. The number of hydrogen-bond donors (Lipinski definition) is 1. The summed E-state index contributed by atoms with van der Waals surface area (Å²) in [6, 6.07) is 12.1. The number of carbonyl (C=O) groups is 1. The number of nitrogens with zero attached hydrogens (tertiary/aromatic N) is 1. The van der Waals surface area contributed by atoms with E-state index in [9.17, 15) is 13.6 Å². The smallest absolute Gasteiger partial charge is 0.251 e. The number of amides is 1. The number of nitrogens with one attached hydrogen (secondary N) is 1. The third kappa shape index (κ3) is 3.84. The highest BCUT2D eigenvalue weighted by Gasteiger charge is 2.10. The molecule has 0 saturated carbocycles. The normalized spacial score (nSPS) is 10.6. The third-order valence-corrected chi connectivity index (χ3v) is 3.36. The Labute approximate surface area is 137 Å². The Morgan fingerprint density at radius 1 is 1.08 bits per heavy atom. The number of hydrogen-bond acceptors (Lipinski definition) is 3. The molecule has 122 valence electrons. The summed E-state index contributed by atoms with van der Waals surface area (Å²) in [5.74, 6) is -1.61. The molecule has 0 fully saturated rings. The van der Waals surface area contributed by atoms with Crippen molar-refractivity contribution in [1.29, 1.82) is 0 Å². The van der Waals surface area contributed by atoms with Gasteiger partial charge >= 0.3 is 0 Å². The zero-order valence-electron chi connectivity index (χ0n) is 12.6. The summed E-state index contributed by atoms with van der Waals surface area (Å²) >= 11 is 0. The van der Waals surface area contributed by atoms with E-state index in [1.807, 2.05) is 30.3 Å². The maximum atomic E-state index is 13.1. The van der Waals surface area contributed by atoms with E-state index >= 15 is 0 Å². The molecule has 24 heavy (non-hydrogen) atoms. The van der Waals surface area contributed by atoms with E-state index in [2.05, 4.69) is 10.3 Å². The van der Waals surface area contributed by atoms with Gasteiger partial charge in [0.15, 0.2) is 0 Å². The zero-order valence-corrected chi connectivity index (χ0v) is 12.6. The average Bonchev–Trinajstić information content (AvgIpc) is 3.03. The topological polar surface area (TPSA) is 55.1 Å². The van der Waals surface area contributed by atoms with Crippen LogP contribution in [0.15, 0.2) is 59.2 Å². The molecule has 0 bridgehead atoms. The summed E-state index contributed by atoms with van der Waals surface area (Å²) in [4.78, 5) is 16.2. The van der Waals surface area contributed by atoms with Crippen LogP contribution in [0.4, 0.5) is 8.78 Å². The van der Waals surface area contributed by atoms with Gasteiger partial charge in [-0.25, -0.2) is 13.8 Å². The molecule has 0 saturated heterocycles. The maximum Gasteiger partial charge on any atom is 0.251 e. The Balaban J connectivity index is 1.57. The zero-order chi connectivity index (χ0) is 16.9. The van der Waals surface area contributed by atoms with Gasteiger partial charge in [-0.2, -0.15) is 0 Å². The van der Waals surface area contributed by atoms with Gasteiger partial charge in [-0.05, 0) is 24.3 Å². The van der Waals surface area contributed by atoms with Crippen LogP contribution in [0.1, 0.15) is 16.1 Å². The van der Waals surface area contributed by atoms with Gasteiger partial charge in [0.1, 0.15) is 17.9 Å². The second-order valence-electron chi connectivity index (χ2n) is 5.17. The van der Waals surface area contributed by atoms with E-state index < -0.39 is 17.5 Å². The van der Waals surface area contributed by atoms with Gasteiger partial charge in [0.2, 0.25) is 5.89 Å². The van der Waals surface area contributed by atoms with Gasteiger partial charge in [0.05, 0.1) is 5.69 Å². The fraction of sp³-hybridized carbons (Fsp3) is 0.111. The molecule has 1 amide bonds. The predicted molar refractivity (Wildman–Crippen MR) is 84.3 cm³/mol. The van der Waals surface area contributed by atoms with Crippen LogP contribution in [0.2, 0.25) is 0 Å². The lowest BCUT2D eigenvalue weighted by molar-refractivity contribution is 0.0953.